The average molecular weight is 335 g/mol. The molecule has 1 aliphatic rings. The third-order valence-corrected chi connectivity index (χ3v) is 10.0. The Morgan fingerprint density at radius 1 is 1.09 bits per heavy atom. The predicted octanol–water partition coefficient (Wildman–Crippen LogP) is 5.05. The van der Waals surface area contributed by atoms with Crippen molar-refractivity contribution in [2.24, 2.45) is 0 Å². The normalized spacial score (nSPS) is 16.2. The van der Waals surface area contributed by atoms with Crippen LogP contribution in [-0.2, 0) is 4.43 Å². The van der Waals surface area contributed by atoms with Crippen molar-refractivity contribution in [3.05, 3.63) is 28.8 Å². The first-order chi connectivity index (χ1) is 10.9. The van der Waals surface area contributed by atoms with E-state index in [2.05, 4.69) is 20.8 Å². The van der Waals surface area contributed by atoms with E-state index in [1.807, 2.05) is 26.0 Å². The van der Waals surface area contributed by atoms with Crippen LogP contribution in [0.5, 0.6) is 5.75 Å². The first-order valence-corrected chi connectivity index (χ1v) is 11.4. The van der Waals surface area contributed by atoms with E-state index in [0.717, 1.165) is 36.0 Å². The first-order valence-electron chi connectivity index (χ1n) is 8.82. The maximum Gasteiger partial charge on any atom is 0.193 e. The molecule has 1 fully saturated rings. The second-order valence-electron chi connectivity index (χ2n) is 6.92. The zero-order valence-corrected chi connectivity index (χ0v) is 16.2. The largest absolute Gasteiger partial charge is 0.490 e. The maximum absolute atomic E-state index is 10.9. The molecule has 0 aliphatic heterocycles. The molecule has 0 bridgehead atoms. The minimum Gasteiger partial charge on any atom is -0.490 e. The lowest BCUT2D eigenvalue weighted by Gasteiger charge is -2.33. The Kier molecular flexibility index (Phi) is 5.68. The van der Waals surface area contributed by atoms with Crippen molar-refractivity contribution >= 4 is 14.6 Å². The van der Waals surface area contributed by atoms with E-state index in [0.29, 0.717) is 12.2 Å². The molecule has 0 saturated heterocycles. The summed E-state index contributed by atoms with van der Waals surface area (Å²) < 4.78 is 12.8. The molecule has 23 heavy (non-hydrogen) atoms. The van der Waals surface area contributed by atoms with E-state index in [1.165, 1.54) is 18.1 Å². The molecule has 0 radical (unpaired) electrons. The lowest BCUT2D eigenvalue weighted by atomic mass is 10.1. The van der Waals surface area contributed by atoms with Crippen LogP contribution in [0.2, 0.25) is 18.1 Å². The van der Waals surface area contributed by atoms with Gasteiger partial charge in [0.1, 0.15) is 18.6 Å². The number of aldehydes is 1. The molecule has 3 nitrogen and oxygen atoms in total. The molecule has 4 heteroatoms. The fraction of sp³-hybridized carbons (Fsp3) is 0.632. The molecule has 0 atom stereocenters. The van der Waals surface area contributed by atoms with Gasteiger partial charge in [0, 0.05) is 5.56 Å². The summed E-state index contributed by atoms with van der Waals surface area (Å²) >= 11 is 0. The maximum atomic E-state index is 10.9. The molecule has 0 N–H and O–H groups in total. The van der Waals surface area contributed by atoms with Gasteiger partial charge in [-0.3, -0.25) is 4.79 Å². The van der Waals surface area contributed by atoms with Gasteiger partial charge in [-0.1, -0.05) is 20.8 Å². The Bertz CT molecular complexity index is 528. The van der Waals surface area contributed by atoms with E-state index in [1.54, 1.807) is 0 Å². The van der Waals surface area contributed by atoms with E-state index >= 15 is 0 Å². The summed E-state index contributed by atoms with van der Waals surface area (Å²) in [5.74, 6) is 0.905. The van der Waals surface area contributed by atoms with Gasteiger partial charge < -0.3 is 9.16 Å². The van der Waals surface area contributed by atoms with Crippen LogP contribution in [0.1, 0.15) is 55.1 Å². The zero-order valence-electron chi connectivity index (χ0n) is 15.2. The number of rotatable bonds is 9. The van der Waals surface area contributed by atoms with Crippen molar-refractivity contribution in [1.82, 2.24) is 0 Å². The molecule has 1 aromatic rings. The first kappa shape index (κ1) is 18.2. The standard InChI is InChI=1S/C19H30O3Si/c1-6-23(7-2,8-3)22-19(9-10-19)14-21-18-15(4)11-17(13-20)12-16(18)5/h11-13H,6-10,14H2,1-5H3. The highest BCUT2D eigenvalue weighted by molar-refractivity contribution is 6.73. The molecule has 1 aliphatic carbocycles. The number of hydrogen-bond acceptors (Lipinski definition) is 3. The molecule has 0 heterocycles. The van der Waals surface area contributed by atoms with Crippen molar-refractivity contribution in [1.29, 1.82) is 0 Å². The second kappa shape index (κ2) is 7.18. The molecule has 0 amide bonds. The summed E-state index contributed by atoms with van der Waals surface area (Å²) in [4.78, 5) is 10.9. The van der Waals surface area contributed by atoms with Gasteiger partial charge >= 0.3 is 0 Å². The second-order valence-corrected chi connectivity index (χ2v) is 11.6. The minimum absolute atomic E-state index is 0.0591. The van der Waals surface area contributed by atoms with Crippen LogP contribution in [0.25, 0.3) is 0 Å². The van der Waals surface area contributed by atoms with Crippen LogP contribution in [-0.4, -0.2) is 26.8 Å². The Balaban J connectivity index is 2.07. The quantitative estimate of drug-likeness (QED) is 0.468. The highest BCUT2D eigenvalue weighted by Gasteiger charge is 2.50. The fourth-order valence-electron chi connectivity index (χ4n) is 3.32. The third kappa shape index (κ3) is 4.04. The number of ether oxygens (including phenoxy) is 1. The summed E-state index contributed by atoms with van der Waals surface area (Å²) in [6, 6.07) is 7.30. The number of hydrogen-bond donors (Lipinski definition) is 0. The van der Waals surface area contributed by atoms with E-state index in [4.69, 9.17) is 9.16 Å². The van der Waals surface area contributed by atoms with E-state index in [9.17, 15) is 4.79 Å². The lowest BCUT2D eigenvalue weighted by Crippen LogP contribution is -2.43. The third-order valence-electron chi connectivity index (χ3n) is 5.27. The Morgan fingerprint density at radius 2 is 1.61 bits per heavy atom. The van der Waals surface area contributed by atoms with Gasteiger partial charge in [0.2, 0.25) is 0 Å². The molecule has 128 valence electrons. The van der Waals surface area contributed by atoms with E-state index in [-0.39, 0.29) is 5.60 Å². The fourth-order valence-corrected chi connectivity index (χ4v) is 6.44. The molecular weight excluding hydrogens is 304 g/mol. The van der Waals surface area contributed by atoms with Gasteiger partial charge in [-0.25, -0.2) is 0 Å². The van der Waals surface area contributed by atoms with Crippen molar-refractivity contribution in [3.8, 4) is 5.75 Å². The van der Waals surface area contributed by atoms with Crippen LogP contribution in [0.15, 0.2) is 12.1 Å². The lowest BCUT2D eigenvalue weighted by molar-refractivity contribution is 0.0963. The smallest absolute Gasteiger partial charge is 0.193 e. The number of aryl methyl sites for hydroxylation is 2. The molecule has 0 aromatic heterocycles. The molecule has 2 rings (SSSR count). The van der Waals surface area contributed by atoms with Crippen molar-refractivity contribution in [2.75, 3.05) is 6.61 Å². The number of benzene rings is 1. The SMILES string of the molecule is CC[Si](CC)(CC)OC1(COc2c(C)cc(C=O)cc2C)CC1. The topological polar surface area (TPSA) is 35.5 Å². The summed E-state index contributed by atoms with van der Waals surface area (Å²) in [7, 11) is -1.60. The van der Waals surface area contributed by atoms with Crippen molar-refractivity contribution in [2.45, 2.75) is 71.2 Å². The Labute approximate surface area is 141 Å². The van der Waals surface area contributed by atoms with Gasteiger partial charge in [-0.15, -0.1) is 0 Å². The van der Waals surface area contributed by atoms with Crippen LogP contribution in [0.3, 0.4) is 0 Å². The Morgan fingerprint density at radius 3 is 2.00 bits per heavy atom. The molecule has 1 saturated carbocycles. The monoisotopic (exact) mass is 334 g/mol. The van der Waals surface area contributed by atoms with Crippen LogP contribution in [0.4, 0.5) is 0 Å². The van der Waals surface area contributed by atoms with Crippen LogP contribution in [0, 0.1) is 13.8 Å². The van der Waals surface area contributed by atoms with Gasteiger partial charge in [0.05, 0.1) is 5.60 Å². The predicted molar refractivity (Wildman–Crippen MR) is 97.0 cm³/mol. The van der Waals surface area contributed by atoms with Crippen LogP contribution < -0.4 is 4.74 Å². The zero-order chi connectivity index (χ0) is 17.1. The highest BCUT2D eigenvalue weighted by atomic mass is 28.4. The van der Waals surface area contributed by atoms with Gasteiger partial charge in [-0.2, -0.15) is 0 Å². The molecule has 1 aromatic carbocycles. The minimum atomic E-state index is -1.60. The molecule has 0 spiro atoms. The number of carbonyl (C=O) groups excluding carboxylic acids is 1. The summed E-state index contributed by atoms with van der Waals surface area (Å²) in [6.07, 6.45) is 3.09. The molecular formula is C19H30O3Si. The Hall–Kier alpha value is -1.13. The number of carbonyl (C=O) groups is 1. The van der Waals surface area contributed by atoms with E-state index < -0.39 is 8.32 Å². The summed E-state index contributed by atoms with van der Waals surface area (Å²) in [5, 5.41) is 0. The van der Waals surface area contributed by atoms with Crippen molar-refractivity contribution < 1.29 is 14.0 Å². The molecule has 0 unspecified atom stereocenters. The van der Waals surface area contributed by atoms with Gasteiger partial charge in [0.15, 0.2) is 8.32 Å². The van der Waals surface area contributed by atoms with Crippen LogP contribution >= 0.6 is 0 Å². The summed E-state index contributed by atoms with van der Waals surface area (Å²) in [6.45, 7) is 11.4. The highest BCUT2D eigenvalue weighted by Crippen LogP contribution is 2.45. The average Bonchev–Trinajstić information content (AvgIpc) is 3.31. The van der Waals surface area contributed by atoms with Gasteiger partial charge in [0.25, 0.3) is 0 Å². The summed E-state index contributed by atoms with van der Waals surface area (Å²) in [5.41, 5.74) is 2.69. The van der Waals surface area contributed by atoms with Gasteiger partial charge in [-0.05, 0) is 68.1 Å². The van der Waals surface area contributed by atoms with Crippen molar-refractivity contribution in [3.63, 3.8) is 0 Å².